The molecular weight excluding hydrogens is 313 g/mol. The lowest BCUT2D eigenvalue weighted by molar-refractivity contribution is -0.297. The number of benzene rings is 1. The quantitative estimate of drug-likeness (QED) is 0.895. The summed E-state index contributed by atoms with van der Waals surface area (Å²) < 4.78 is 39.9. The monoisotopic (exact) mass is 330 g/mol. The van der Waals surface area contributed by atoms with E-state index >= 15 is 0 Å². The molecule has 0 saturated heterocycles. The molecule has 1 heterocycles. The highest BCUT2D eigenvalue weighted by Gasteiger charge is 2.63. The lowest BCUT2D eigenvalue weighted by atomic mass is 9.99. The fraction of sp³-hybridized carbons (Fsp3) is 0.467. The Bertz CT molecular complexity index is 643. The van der Waals surface area contributed by atoms with Crippen LogP contribution in [0.25, 0.3) is 0 Å². The molecule has 0 fully saturated rings. The van der Waals surface area contributed by atoms with Gasteiger partial charge in [-0.2, -0.15) is 23.3 Å². The average Bonchev–Trinajstić information content (AvgIpc) is 2.75. The Hall–Kier alpha value is -2.09. The minimum absolute atomic E-state index is 0.0198. The molecule has 0 aliphatic carbocycles. The summed E-state index contributed by atoms with van der Waals surface area (Å²) in [5.41, 5.74) is -3.68. The van der Waals surface area contributed by atoms with Gasteiger partial charge in [-0.1, -0.05) is 26.0 Å². The summed E-state index contributed by atoms with van der Waals surface area (Å²) in [6.07, 6.45) is -5.65. The first kappa shape index (κ1) is 17.3. The maximum atomic E-state index is 13.3. The predicted molar refractivity (Wildman–Crippen MR) is 76.8 cm³/mol. The fourth-order valence-corrected chi connectivity index (χ4v) is 2.41. The molecule has 1 aliphatic rings. The summed E-state index contributed by atoms with van der Waals surface area (Å²) in [5.74, 6) is -1.66. The van der Waals surface area contributed by atoms with Crippen molar-refractivity contribution >= 4 is 11.6 Å². The van der Waals surface area contributed by atoms with Crippen LogP contribution in [0.1, 0.15) is 37.0 Å². The summed E-state index contributed by atoms with van der Waals surface area (Å²) in [7, 11) is 0. The first-order chi connectivity index (χ1) is 10.6. The van der Waals surface area contributed by atoms with E-state index in [1.807, 2.05) is 0 Å². The highest BCUT2D eigenvalue weighted by Crippen LogP contribution is 2.42. The topological polar surface area (TPSA) is 73.1 Å². The summed E-state index contributed by atoms with van der Waals surface area (Å²) >= 11 is 0. The first-order valence-corrected chi connectivity index (χ1v) is 7.04. The number of carbonyl (C=O) groups is 1. The third kappa shape index (κ3) is 3.17. The van der Waals surface area contributed by atoms with Gasteiger partial charge in [0.05, 0.1) is 5.56 Å². The standard InChI is InChI=1S/C15H17F3N2O3/c1-9(2)7-10-8-14(23,15(16,17)18)20(19-10)13(22)11-5-3-4-6-12(11)21/h3-6,9,21,23H,7-8H2,1-2H3/t14-/m1/s1. The number of hydrogen-bond donors (Lipinski definition) is 2. The van der Waals surface area contributed by atoms with Crippen molar-refractivity contribution < 1.29 is 28.2 Å². The largest absolute Gasteiger partial charge is 0.507 e. The molecule has 0 radical (unpaired) electrons. The van der Waals surface area contributed by atoms with E-state index < -0.39 is 30.0 Å². The number of rotatable bonds is 3. The van der Waals surface area contributed by atoms with Crippen LogP contribution in [0.4, 0.5) is 13.2 Å². The van der Waals surface area contributed by atoms with Crippen LogP contribution in [0.2, 0.25) is 0 Å². The van der Waals surface area contributed by atoms with Crippen molar-refractivity contribution in [3.63, 3.8) is 0 Å². The Morgan fingerprint density at radius 2 is 2.00 bits per heavy atom. The average molecular weight is 330 g/mol. The van der Waals surface area contributed by atoms with Crippen molar-refractivity contribution in [2.45, 2.75) is 38.6 Å². The normalized spacial score (nSPS) is 21.7. The number of para-hydroxylation sites is 1. The zero-order valence-electron chi connectivity index (χ0n) is 12.6. The molecule has 1 amide bonds. The molecule has 1 aliphatic heterocycles. The predicted octanol–water partition coefficient (Wildman–Crippen LogP) is 2.89. The van der Waals surface area contributed by atoms with Crippen molar-refractivity contribution in [3.05, 3.63) is 29.8 Å². The van der Waals surface area contributed by atoms with Crippen LogP contribution in [0, 0.1) is 5.92 Å². The van der Waals surface area contributed by atoms with Gasteiger partial charge in [0, 0.05) is 12.1 Å². The van der Waals surface area contributed by atoms with Gasteiger partial charge in [-0.05, 0) is 24.5 Å². The molecule has 1 aromatic rings. The second kappa shape index (κ2) is 5.84. The zero-order chi connectivity index (χ0) is 17.4. The number of hydrogen-bond acceptors (Lipinski definition) is 4. The number of amides is 1. The van der Waals surface area contributed by atoms with Crippen LogP contribution in [-0.2, 0) is 0 Å². The first-order valence-electron chi connectivity index (χ1n) is 7.04. The number of nitrogens with zero attached hydrogens (tertiary/aromatic N) is 2. The van der Waals surface area contributed by atoms with Crippen molar-refractivity contribution in [3.8, 4) is 5.75 Å². The molecular formula is C15H17F3N2O3. The number of alkyl halides is 3. The van der Waals surface area contributed by atoms with Gasteiger partial charge in [-0.25, -0.2) is 0 Å². The maximum absolute atomic E-state index is 13.3. The van der Waals surface area contributed by atoms with Gasteiger partial charge in [0.2, 0.25) is 0 Å². The van der Waals surface area contributed by atoms with Gasteiger partial charge in [-0.15, -0.1) is 0 Å². The molecule has 2 rings (SSSR count). The summed E-state index contributed by atoms with van der Waals surface area (Å²) in [6.45, 7) is 3.59. The van der Waals surface area contributed by atoms with Gasteiger partial charge in [0.15, 0.2) is 0 Å². The van der Waals surface area contributed by atoms with E-state index in [1.165, 1.54) is 24.3 Å². The van der Waals surface area contributed by atoms with E-state index in [0.29, 0.717) is 0 Å². The summed E-state index contributed by atoms with van der Waals surface area (Å²) in [6, 6.07) is 5.17. The summed E-state index contributed by atoms with van der Waals surface area (Å²) in [5, 5.41) is 23.5. The van der Waals surface area contributed by atoms with E-state index in [9.17, 15) is 28.2 Å². The maximum Gasteiger partial charge on any atom is 0.438 e. The minimum atomic E-state index is -5.07. The Morgan fingerprint density at radius 1 is 1.39 bits per heavy atom. The van der Waals surface area contributed by atoms with Crippen molar-refractivity contribution in [2.75, 3.05) is 0 Å². The molecule has 5 nitrogen and oxygen atoms in total. The number of phenolic OH excluding ortho intramolecular Hbond substituents is 1. The number of halogens is 3. The molecule has 1 atom stereocenters. The van der Waals surface area contributed by atoms with Crippen LogP contribution < -0.4 is 0 Å². The Balaban J connectivity index is 2.44. The summed E-state index contributed by atoms with van der Waals surface area (Å²) in [4.78, 5) is 12.4. The Labute approximate surface area is 131 Å². The lowest BCUT2D eigenvalue weighted by Crippen LogP contribution is -2.56. The molecule has 2 N–H and O–H groups in total. The van der Waals surface area contributed by atoms with E-state index in [1.54, 1.807) is 13.8 Å². The number of aliphatic hydroxyl groups is 1. The highest BCUT2D eigenvalue weighted by atomic mass is 19.4. The molecule has 0 aromatic heterocycles. The number of hydrazone groups is 1. The van der Waals surface area contributed by atoms with Crippen molar-refractivity contribution in [1.82, 2.24) is 5.01 Å². The SMILES string of the molecule is CC(C)CC1=NN(C(=O)c2ccccc2O)[C@](O)(C(F)(F)F)C1. The number of aromatic hydroxyl groups is 1. The van der Waals surface area contributed by atoms with E-state index in [-0.39, 0.29) is 28.6 Å². The lowest BCUT2D eigenvalue weighted by Gasteiger charge is -2.32. The van der Waals surface area contributed by atoms with Gasteiger partial charge >= 0.3 is 6.18 Å². The van der Waals surface area contributed by atoms with E-state index in [4.69, 9.17) is 0 Å². The third-order valence-corrected chi connectivity index (χ3v) is 3.47. The molecule has 0 bridgehead atoms. The highest BCUT2D eigenvalue weighted by molar-refractivity contribution is 6.00. The van der Waals surface area contributed by atoms with E-state index in [0.717, 1.165) is 0 Å². The number of phenols is 1. The second-order valence-electron chi connectivity index (χ2n) is 5.89. The van der Waals surface area contributed by atoms with Crippen LogP contribution in [0.3, 0.4) is 0 Å². The molecule has 8 heteroatoms. The van der Waals surface area contributed by atoms with Crippen LogP contribution in [-0.4, -0.2) is 38.7 Å². The van der Waals surface area contributed by atoms with E-state index in [2.05, 4.69) is 5.10 Å². The van der Waals surface area contributed by atoms with Gasteiger partial charge in [0.25, 0.3) is 11.6 Å². The number of carbonyl (C=O) groups excluding carboxylic acids is 1. The van der Waals surface area contributed by atoms with Gasteiger partial charge in [0.1, 0.15) is 5.75 Å². The Morgan fingerprint density at radius 3 is 2.52 bits per heavy atom. The minimum Gasteiger partial charge on any atom is -0.507 e. The molecule has 0 saturated carbocycles. The van der Waals surface area contributed by atoms with Gasteiger partial charge < -0.3 is 10.2 Å². The smallest absolute Gasteiger partial charge is 0.438 e. The van der Waals surface area contributed by atoms with Crippen LogP contribution >= 0.6 is 0 Å². The third-order valence-electron chi connectivity index (χ3n) is 3.47. The molecule has 0 spiro atoms. The molecule has 23 heavy (non-hydrogen) atoms. The molecule has 0 unspecified atom stereocenters. The Kier molecular flexibility index (Phi) is 4.39. The second-order valence-corrected chi connectivity index (χ2v) is 5.89. The van der Waals surface area contributed by atoms with Crippen molar-refractivity contribution in [2.24, 2.45) is 11.0 Å². The molecule has 126 valence electrons. The molecule has 1 aromatic carbocycles. The van der Waals surface area contributed by atoms with Crippen molar-refractivity contribution in [1.29, 1.82) is 0 Å². The zero-order valence-corrected chi connectivity index (χ0v) is 12.6. The van der Waals surface area contributed by atoms with Crippen LogP contribution in [0.15, 0.2) is 29.4 Å². The fourth-order valence-electron chi connectivity index (χ4n) is 2.41. The van der Waals surface area contributed by atoms with Gasteiger partial charge in [-0.3, -0.25) is 4.79 Å². The van der Waals surface area contributed by atoms with Crippen LogP contribution in [0.5, 0.6) is 5.75 Å².